The number of halogens is 5. The fourth-order valence-corrected chi connectivity index (χ4v) is 4.70. The summed E-state index contributed by atoms with van der Waals surface area (Å²) < 4.78 is 28.9. The lowest BCUT2D eigenvalue weighted by Gasteiger charge is -2.31. The van der Waals surface area contributed by atoms with Crippen LogP contribution in [0.25, 0.3) is 0 Å². The Morgan fingerprint density at radius 2 is 1.68 bits per heavy atom. The van der Waals surface area contributed by atoms with Crippen molar-refractivity contribution in [1.82, 2.24) is 5.32 Å². The molecular formula is C29H27Cl3F2N4O2. The van der Waals surface area contributed by atoms with Crippen LogP contribution < -0.4 is 20.9 Å². The highest BCUT2D eigenvalue weighted by molar-refractivity contribution is 6.39. The Hall–Kier alpha value is -3.33. The number of benzene rings is 3. The first-order valence-electron chi connectivity index (χ1n) is 12.3. The second kappa shape index (κ2) is 11.6. The molecule has 0 spiro atoms. The molecule has 2 amide bonds. The summed E-state index contributed by atoms with van der Waals surface area (Å²) in [4.78, 5) is 26.8. The predicted molar refractivity (Wildman–Crippen MR) is 157 cm³/mol. The minimum absolute atomic E-state index is 0.0844. The summed E-state index contributed by atoms with van der Waals surface area (Å²) in [7, 11) is 1.74. The predicted octanol–water partition coefficient (Wildman–Crippen LogP) is 7.79. The van der Waals surface area contributed by atoms with Crippen molar-refractivity contribution in [2.24, 2.45) is 5.41 Å². The van der Waals surface area contributed by atoms with Gasteiger partial charge in [-0.3, -0.25) is 9.59 Å². The van der Waals surface area contributed by atoms with Gasteiger partial charge in [-0.2, -0.15) is 0 Å². The summed E-state index contributed by atoms with van der Waals surface area (Å²) in [6.45, 7) is 5.68. The number of amides is 2. The maximum Gasteiger partial charge on any atom is 0.258 e. The van der Waals surface area contributed by atoms with E-state index >= 15 is 4.39 Å². The minimum atomic E-state index is -0.744. The summed E-state index contributed by atoms with van der Waals surface area (Å²) >= 11 is 18.8. The lowest BCUT2D eigenvalue weighted by molar-refractivity contribution is -0.128. The molecule has 210 valence electrons. The monoisotopic (exact) mass is 606 g/mol. The number of fused-ring (bicyclic) bond motifs is 1. The molecule has 0 unspecified atom stereocenters. The van der Waals surface area contributed by atoms with Gasteiger partial charge in [0.15, 0.2) is 0 Å². The molecule has 0 radical (unpaired) electrons. The van der Waals surface area contributed by atoms with Crippen LogP contribution in [0.2, 0.25) is 15.1 Å². The third-order valence-corrected chi connectivity index (χ3v) is 7.43. The zero-order valence-electron chi connectivity index (χ0n) is 22.2. The summed E-state index contributed by atoms with van der Waals surface area (Å²) in [6, 6.07) is 9.96. The Bertz CT molecular complexity index is 1540. The van der Waals surface area contributed by atoms with Gasteiger partial charge in [-0.05, 0) is 60.0 Å². The second-order valence-electron chi connectivity index (χ2n) is 10.3. The van der Waals surface area contributed by atoms with Crippen LogP contribution in [0.4, 0.5) is 25.8 Å². The van der Waals surface area contributed by atoms with Crippen molar-refractivity contribution >= 4 is 63.7 Å². The van der Waals surface area contributed by atoms with Crippen molar-refractivity contribution in [3.63, 3.8) is 0 Å². The van der Waals surface area contributed by atoms with Crippen molar-refractivity contribution < 1.29 is 18.4 Å². The Morgan fingerprint density at radius 3 is 2.35 bits per heavy atom. The van der Waals surface area contributed by atoms with Crippen LogP contribution in [0.1, 0.15) is 42.3 Å². The Labute approximate surface area is 246 Å². The number of hydrogen-bond acceptors (Lipinski definition) is 4. The highest BCUT2D eigenvalue weighted by Crippen LogP contribution is 2.37. The van der Waals surface area contributed by atoms with E-state index in [-0.39, 0.29) is 28.7 Å². The molecule has 0 fully saturated rings. The lowest BCUT2D eigenvalue weighted by Crippen LogP contribution is -2.34. The van der Waals surface area contributed by atoms with Gasteiger partial charge in [0.05, 0.1) is 26.3 Å². The topological polar surface area (TPSA) is 73.5 Å². The Morgan fingerprint density at radius 1 is 0.975 bits per heavy atom. The molecule has 0 saturated heterocycles. The number of hydrogen-bond donors (Lipinski definition) is 3. The van der Waals surface area contributed by atoms with Gasteiger partial charge in [0.1, 0.15) is 17.5 Å². The highest BCUT2D eigenvalue weighted by atomic mass is 35.5. The molecule has 4 rings (SSSR count). The third kappa shape index (κ3) is 6.35. The summed E-state index contributed by atoms with van der Waals surface area (Å²) in [5.41, 5.74) is 1.79. The van der Waals surface area contributed by atoms with Gasteiger partial charge in [0.25, 0.3) is 5.91 Å². The molecule has 0 atom stereocenters. The molecule has 11 heteroatoms. The average molecular weight is 608 g/mol. The largest absolute Gasteiger partial charge is 0.352 e. The third-order valence-electron chi connectivity index (χ3n) is 6.37. The lowest BCUT2D eigenvalue weighted by atomic mass is 9.95. The van der Waals surface area contributed by atoms with E-state index in [9.17, 15) is 14.0 Å². The first-order valence-corrected chi connectivity index (χ1v) is 13.4. The second-order valence-corrected chi connectivity index (χ2v) is 11.5. The standard InChI is InChI=1S/C29H27Cl3F2N4O2/c1-29(2,3)28(40)35-14-16-5-8-20(31)26(25(16)32)37-24-10-6-15-11-18(21(33)13-23(15)38(24)4)27(39)36-17-7-9-19(30)22(34)12-17/h5,7-13,37H,6,14H2,1-4H3,(H,35,40)(H,36,39). The Balaban J connectivity index is 1.53. The number of rotatable bonds is 6. The number of allylic oxidation sites excluding steroid dienone is 1. The maximum atomic E-state index is 15.1. The SMILES string of the molecule is CN1C(Nc2c(Cl)ccc(CNC(=O)C(C)(C)C)c2Cl)=CCc2cc(C(=O)Nc3ccc(Cl)c(F)c3)c(F)cc21. The molecule has 40 heavy (non-hydrogen) atoms. The number of nitrogens with one attached hydrogen (secondary N) is 3. The van der Waals surface area contributed by atoms with Gasteiger partial charge < -0.3 is 20.9 Å². The van der Waals surface area contributed by atoms with E-state index in [1.54, 1.807) is 24.1 Å². The van der Waals surface area contributed by atoms with Crippen molar-refractivity contribution in [2.45, 2.75) is 33.7 Å². The fraction of sp³-hybridized carbons (Fsp3) is 0.241. The van der Waals surface area contributed by atoms with Crippen LogP contribution in [-0.4, -0.2) is 18.9 Å². The van der Waals surface area contributed by atoms with Crippen LogP contribution in [0, 0.1) is 17.0 Å². The van der Waals surface area contributed by atoms with E-state index in [4.69, 9.17) is 34.8 Å². The van der Waals surface area contributed by atoms with E-state index < -0.39 is 23.0 Å². The van der Waals surface area contributed by atoms with Gasteiger partial charge in [0.2, 0.25) is 5.91 Å². The molecule has 0 aliphatic carbocycles. The number of carbonyl (C=O) groups is 2. The van der Waals surface area contributed by atoms with Gasteiger partial charge in [-0.25, -0.2) is 8.78 Å². The average Bonchev–Trinajstić information content (AvgIpc) is 2.88. The summed E-state index contributed by atoms with van der Waals surface area (Å²) in [5.74, 6) is -1.68. The molecule has 1 aliphatic rings. The van der Waals surface area contributed by atoms with Crippen LogP contribution in [-0.2, 0) is 17.8 Å². The normalized spacial score (nSPS) is 12.9. The smallest absolute Gasteiger partial charge is 0.258 e. The first kappa shape index (κ1) is 29.6. The molecule has 1 heterocycles. The van der Waals surface area contributed by atoms with E-state index in [1.807, 2.05) is 26.8 Å². The number of nitrogens with zero attached hydrogens (tertiary/aromatic N) is 1. The zero-order valence-corrected chi connectivity index (χ0v) is 24.5. The molecule has 3 N–H and O–H groups in total. The van der Waals surface area contributed by atoms with Gasteiger partial charge in [-0.15, -0.1) is 0 Å². The van der Waals surface area contributed by atoms with Crippen molar-refractivity contribution in [3.05, 3.63) is 97.8 Å². The molecular weight excluding hydrogens is 581 g/mol. The highest BCUT2D eigenvalue weighted by Gasteiger charge is 2.24. The molecule has 0 saturated carbocycles. The molecule has 3 aromatic rings. The molecule has 3 aromatic carbocycles. The summed E-state index contributed by atoms with van der Waals surface area (Å²) in [6.07, 6.45) is 2.24. The van der Waals surface area contributed by atoms with E-state index in [0.29, 0.717) is 44.8 Å². The molecule has 6 nitrogen and oxygen atoms in total. The van der Waals surface area contributed by atoms with E-state index in [2.05, 4.69) is 16.0 Å². The number of carbonyl (C=O) groups excluding carboxylic acids is 2. The Kier molecular flexibility index (Phi) is 8.63. The maximum absolute atomic E-state index is 15.1. The molecule has 0 aromatic heterocycles. The van der Waals surface area contributed by atoms with Crippen molar-refractivity contribution in [3.8, 4) is 0 Å². The van der Waals surface area contributed by atoms with Crippen LogP contribution in [0.15, 0.2) is 54.4 Å². The summed E-state index contributed by atoms with van der Waals surface area (Å²) in [5, 5.41) is 9.23. The van der Waals surface area contributed by atoms with Crippen LogP contribution in [0.3, 0.4) is 0 Å². The van der Waals surface area contributed by atoms with Crippen molar-refractivity contribution in [2.75, 3.05) is 22.6 Å². The quantitative estimate of drug-likeness (QED) is 0.268. The number of anilines is 3. The fourth-order valence-electron chi connectivity index (χ4n) is 4.05. The van der Waals surface area contributed by atoms with Crippen molar-refractivity contribution in [1.29, 1.82) is 0 Å². The van der Waals surface area contributed by atoms with E-state index in [0.717, 1.165) is 6.07 Å². The van der Waals surface area contributed by atoms with Gasteiger partial charge >= 0.3 is 0 Å². The minimum Gasteiger partial charge on any atom is -0.352 e. The first-order chi connectivity index (χ1) is 18.8. The molecule has 0 bridgehead atoms. The van der Waals surface area contributed by atoms with E-state index in [1.165, 1.54) is 24.3 Å². The van der Waals surface area contributed by atoms with Gasteiger partial charge in [-0.1, -0.05) is 61.6 Å². The zero-order chi connectivity index (χ0) is 29.4. The molecule has 1 aliphatic heterocycles. The van der Waals surface area contributed by atoms with Crippen LogP contribution in [0.5, 0.6) is 0 Å². The van der Waals surface area contributed by atoms with Gasteiger partial charge in [0, 0.05) is 30.4 Å². The van der Waals surface area contributed by atoms with Crippen LogP contribution >= 0.6 is 34.8 Å².